The van der Waals surface area contributed by atoms with Gasteiger partial charge in [0, 0.05) is 13.1 Å². The summed E-state index contributed by atoms with van der Waals surface area (Å²) in [5.74, 6) is -0.726. The quantitative estimate of drug-likeness (QED) is 0.0164. The summed E-state index contributed by atoms with van der Waals surface area (Å²) in [5, 5.41) is 28.7. The number of phenols is 1. The smallest absolute Gasteiger partial charge is 0.296 e. The van der Waals surface area contributed by atoms with Crippen molar-refractivity contribution in [3.8, 4) is 5.75 Å². The van der Waals surface area contributed by atoms with Crippen LogP contribution >= 0.6 is 0 Å². The van der Waals surface area contributed by atoms with E-state index in [-0.39, 0.29) is 49.1 Å². The lowest BCUT2D eigenvalue weighted by atomic mass is 10.0. The Kier molecular flexibility index (Phi) is 29.3. The van der Waals surface area contributed by atoms with Crippen molar-refractivity contribution in [2.45, 2.75) is 203 Å². The summed E-state index contributed by atoms with van der Waals surface area (Å²) >= 11 is 0. The summed E-state index contributed by atoms with van der Waals surface area (Å²) < 4.78 is 90.1. The van der Waals surface area contributed by atoms with E-state index < -0.39 is 46.1 Å². The number of azo groups is 2. The molecule has 430 valence electrons. The molecule has 0 aliphatic rings. The zero-order chi connectivity index (χ0) is 56.1. The van der Waals surface area contributed by atoms with Crippen LogP contribution in [0.15, 0.2) is 95.8 Å². The minimum absolute atomic E-state index is 0.00526. The third-order valence-electron chi connectivity index (χ3n) is 14.4. The van der Waals surface area contributed by atoms with Gasteiger partial charge in [-0.2, -0.15) is 18.6 Å². The highest BCUT2D eigenvalue weighted by Gasteiger charge is 2.25. The van der Waals surface area contributed by atoms with Crippen LogP contribution in [-0.2, 0) is 29.8 Å². The molecular weight excluding hydrogens is 1030 g/mol. The fourth-order valence-corrected chi connectivity index (χ4v) is 12.9. The predicted octanol–water partition coefficient (Wildman–Crippen LogP) is 16.1. The molecule has 15 nitrogen and oxygen atoms in total. The number of unbranched alkanes of at least 4 members (excludes halogenated alkanes) is 20. The van der Waals surface area contributed by atoms with Crippen molar-refractivity contribution in [2.24, 2.45) is 20.5 Å². The SMILES string of the molecule is CCCCCCCCN(CCCCCCCC)CCS(=O)(=O)c1ccc(N=Nc2c(C)cc3cc(S(=O)(=O)O)c(N=Nc4ccc(S(=O)(=O)CCN(CCCCCCCC)CCCCCCCC)cc4)c(O)c3c2N)cc1. The molecule has 77 heavy (non-hydrogen) atoms. The Morgan fingerprint density at radius 3 is 1.14 bits per heavy atom. The van der Waals surface area contributed by atoms with E-state index in [4.69, 9.17) is 5.73 Å². The summed E-state index contributed by atoms with van der Waals surface area (Å²) in [6.07, 6.45) is 28.2. The van der Waals surface area contributed by atoms with E-state index >= 15 is 0 Å². The fourth-order valence-electron chi connectivity index (χ4n) is 9.63. The van der Waals surface area contributed by atoms with E-state index in [1.807, 2.05) is 0 Å². The van der Waals surface area contributed by atoms with Gasteiger partial charge in [-0.1, -0.05) is 156 Å². The van der Waals surface area contributed by atoms with E-state index in [9.17, 15) is 34.9 Å². The maximum atomic E-state index is 13.6. The first kappa shape index (κ1) is 65.2. The van der Waals surface area contributed by atoms with Gasteiger partial charge in [0.2, 0.25) is 0 Å². The highest BCUT2D eigenvalue weighted by atomic mass is 32.2. The number of nitrogen functional groups attached to an aromatic ring is 1. The highest BCUT2D eigenvalue weighted by molar-refractivity contribution is 7.91. The summed E-state index contributed by atoms with van der Waals surface area (Å²) in [4.78, 5) is 4.17. The lowest BCUT2D eigenvalue weighted by Crippen LogP contribution is -2.31. The molecule has 18 heteroatoms. The molecule has 0 saturated heterocycles. The maximum absolute atomic E-state index is 13.6. The summed E-state index contributed by atoms with van der Waals surface area (Å²) in [5.41, 5.74) is 7.12. The van der Waals surface area contributed by atoms with Gasteiger partial charge in [-0.15, -0.1) is 10.2 Å². The molecule has 0 amide bonds. The average Bonchev–Trinajstić information content (AvgIpc) is 3.41. The van der Waals surface area contributed by atoms with Crippen LogP contribution in [-0.4, -0.2) is 95.5 Å². The van der Waals surface area contributed by atoms with E-state index in [0.29, 0.717) is 24.3 Å². The fraction of sp³-hybridized carbons (Fsp3) is 0.627. The van der Waals surface area contributed by atoms with Crippen molar-refractivity contribution >= 4 is 69.0 Å². The molecule has 0 saturated carbocycles. The number of anilines is 1. The first-order valence-corrected chi connectivity index (χ1v) is 33.7. The molecule has 0 bridgehead atoms. The molecule has 0 spiro atoms. The Balaban J connectivity index is 1.49. The van der Waals surface area contributed by atoms with Gasteiger partial charge in [0.25, 0.3) is 10.1 Å². The molecule has 4 aromatic rings. The number of hydrogen-bond donors (Lipinski definition) is 3. The molecule has 0 aliphatic carbocycles. The first-order valence-electron chi connectivity index (χ1n) is 29.0. The molecule has 0 atom stereocenters. The summed E-state index contributed by atoms with van der Waals surface area (Å²) in [6.45, 7) is 14.9. The number of rotatable bonds is 41. The van der Waals surface area contributed by atoms with E-state index in [2.05, 4.69) is 58.0 Å². The number of fused-ring (bicyclic) bond motifs is 1. The van der Waals surface area contributed by atoms with Crippen LogP contribution < -0.4 is 5.73 Å². The number of benzene rings is 4. The Morgan fingerprint density at radius 2 is 0.792 bits per heavy atom. The van der Waals surface area contributed by atoms with Gasteiger partial charge < -0.3 is 20.6 Å². The standard InChI is InChI=1S/C59H93N7O8S3/c1-6-10-14-18-22-26-38-65(39-27-23-19-15-11-7-2)42-44-75(68,69)52-34-30-50(31-35-52)61-63-57-48(5)46-49-47-54(77(72,73)74)58(59(67)55(49)56(57)60)64-62-51-32-36-53(37-33-51)76(70,71)45-43-66(40-28-24-20-16-12-8-3)41-29-25-21-17-13-9-4/h30-37,46-47,67H,6-29,38-45,60H2,1-5H3,(H,72,73,74). The monoisotopic (exact) mass is 1120 g/mol. The largest absolute Gasteiger partial charge is 0.505 e. The number of hydrogen-bond acceptors (Lipinski definition) is 14. The Labute approximate surface area is 463 Å². The molecule has 0 unspecified atom stereocenters. The van der Waals surface area contributed by atoms with Crippen LogP contribution in [0, 0.1) is 6.92 Å². The van der Waals surface area contributed by atoms with Gasteiger partial charge in [0.1, 0.15) is 16.3 Å². The van der Waals surface area contributed by atoms with Crippen molar-refractivity contribution < 1.29 is 34.9 Å². The molecular formula is C59H93N7O8S3. The lowest BCUT2D eigenvalue weighted by Gasteiger charge is -2.22. The first-order chi connectivity index (χ1) is 36.9. The van der Waals surface area contributed by atoms with Crippen LogP contribution in [0.3, 0.4) is 0 Å². The lowest BCUT2D eigenvalue weighted by molar-refractivity contribution is 0.274. The Hall–Kier alpha value is -4.33. The predicted molar refractivity (Wildman–Crippen MR) is 316 cm³/mol. The van der Waals surface area contributed by atoms with Gasteiger partial charge in [-0.25, -0.2) is 16.8 Å². The van der Waals surface area contributed by atoms with Crippen LogP contribution in [0.5, 0.6) is 5.75 Å². The molecule has 0 heterocycles. The van der Waals surface area contributed by atoms with Crippen molar-refractivity contribution in [2.75, 3.05) is 56.5 Å². The van der Waals surface area contributed by atoms with Crippen molar-refractivity contribution in [1.82, 2.24) is 9.80 Å². The topological polar surface area (TPSA) is 225 Å². The second-order valence-corrected chi connectivity index (χ2v) is 26.5. The number of nitrogens with two attached hydrogens (primary N) is 1. The molecule has 0 fully saturated rings. The number of sulfone groups is 2. The third kappa shape index (κ3) is 22.7. The van der Waals surface area contributed by atoms with Gasteiger partial charge >= 0.3 is 0 Å². The molecule has 0 aliphatic heterocycles. The average molecular weight is 1120 g/mol. The van der Waals surface area contributed by atoms with Gasteiger partial charge in [-0.05, 0) is 130 Å². The number of nitrogens with zero attached hydrogens (tertiary/aromatic N) is 6. The summed E-state index contributed by atoms with van der Waals surface area (Å²) in [7, 11) is -12.2. The maximum Gasteiger partial charge on any atom is 0.296 e. The van der Waals surface area contributed by atoms with E-state index in [1.54, 1.807) is 19.1 Å². The number of aromatic hydroxyl groups is 1. The molecule has 0 aromatic heterocycles. The van der Waals surface area contributed by atoms with Gasteiger partial charge in [0.05, 0.1) is 43.7 Å². The zero-order valence-corrected chi connectivity index (χ0v) is 49.7. The van der Waals surface area contributed by atoms with Gasteiger partial charge in [0.15, 0.2) is 25.4 Å². The second-order valence-electron chi connectivity index (χ2n) is 20.9. The number of aryl methyl sites for hydroxylation is 1. The molecule has 4 N–H and O–H groups in total. The van der Waals surface area contributed by atoms with Crippen LogP contribution in [0.2, 0.25) is 0 Å². The highest BCUT2D eigenvalue weighted by Crippen LogP contribution is 2.47. The Bertz CT molecular complexity index is 2740. The van der Waals surface area contributed by atoms with Crippen LogP contribution in [0.1, 0.15) is 187 Å². The van der Waals surface area contributed by atoms with Gasteiger partial charge in [-0.3, -0.25) is 4.55 Å². The Morgan fingerprint density at radius 1 is 0.455 bits per heavy atom. The van der Waals surface area contributed by atoms with Crippen molar-refractivity contribution in [3.63, 3.8) is 0 Å². The molecule has 0 radical (unpaired) electrons. The van der Waals surface area contributed by atoms with E-state index in [0.717, 1.165) is 83.6 Å². The summed E-state index contributed by atoms with van der Waals surface area (Å²) in [6, 6.07) is 14.5. The van der Waals surface area contributed by atoms with Crippen molar-refractivity contribution in [3.05, 3.63) is 66.2 Å². The van der Waals surface area contributed by atoms with Crippen molar-refractivity contribution in [1.29, 1.82) is 0 Å². The van der Waals surface area contributed by atoms with Crippen LogP contribution in [0.4, 0.5) is 28.4 Å². The molecule has 4 rings (SSSR count). The minimum Gasteiger partial charge on any atom is -0.505 e. The second kappa shape index (κ2) is 34.6. The van der Waals surface area contributed by atoms with E-state index in [1.165, 1.54) is 145 Å². The molecule has 4 aromatic carbocycles. The number of phenolic OH excluding ortho intramolecular Hbond substituents is 1. The normalized spacial score (nSPS) is 12.7. The third-order valence-corrected chi connectivity index (χ3v) is 18.7. The zero-order valence-electron chi connectivity index (χ0n) is 47.2. The van der Waals surface area contributed by atoms with Crippen LogP contribution in [0.25, 0.3) is 10.8 Å². The minimum atomic E-state index is -4.96.